The van der Waals surface area contributed by atoms with Gasteiger partial charge in [-0.05, 0) is 109 Å². The van der Waals surface area contributed by atoms with Gasteiger partial charge in [-0.25, -0.2) is 4.79 Å². The lowest BCUT2D eigenvalue weighted by Gasteiger charge is -2.48. The van der Waals surface area contributed by atoms with E-state index in [4.69, 9.17) is 9.16 Å². The summed E-state index contributed by atoms with van der Waals surface area (Å²) in [7, 11) is -2.19. The number of carbonyl (C=O) groups is 1. The highest BCUT2D eigenvalue weighted by molar-refractivity contribution is 6.74. The van der Waals surface area contributed by atoms with Crippen LogP contribution in [0.1, 0.15) is 62.8 Å². The number of hydrogen-bond acceptors (Lipinski definition) is 7. The van der Waals surface area contributed by atoms with Gasteiger partial charge in [0, 0.05) is 36.7 Å². The zero-order valence-corrected chi connectivity index (χ0v) is 35.9. The van der Waals surface area contributed by atoms with E-state index >= 15 is 0 Å². The summed E-state index contributed by atoms with van der Waals surface area (Å²) in [6, 6.07) is 31.0. The fourth-order valence-corrected chi connectivity index (χ4v) is 9.44. The molecule has 4 aromatic carbocycles. The molecule has 3 aliphatic heterocycles. The molecule has 5 aromatic rings. The van der Waals surface area contributed by atoms with E-state index in [0.29, 0.717) is 37.6 Å². The van der Waals surface area contributed by atoms with Crippen molar-refractivity contribution in [2.45, 2.75) is 76.9 Å². The molecular formula is C48H58N4O6Si. The molecule has 3 aliphatic rings. The number of benzene rings is 4. The maximum atomic E-state index is 12.9. The molecule has 1 amide bonds. The minimum absolute atomic E-state index is 0.00781. The monoisotopic (exact) mass is 814 g/mol. The molecule has 0 aliphatic carbocycles. The van der Waals surface area contributed by atoms with Crippen molar-refractivity contribution in [2.75, 3.05) is 37.7 Å². The SMILES string of the molecule is CC(C)(C)[Si](C)(C)O[C@@H](CNCc1ccc(OCCC=Cc2ccc(-c3ccccc3)c(N(C(=O)O)[C@H]3CN4CCC3CC4)c2)cc1)c1ccc(O)c2[nH]c(=O)ccc12. The topological polar surface area (TPSA) is 127 Å². The summed E-state index contributed by atoms with van der Waals surface area (Å²) in [5.74, 6) is 1.19. The first kappa shape index (κ1) is 41.9. The summed E-state index contributed by atoms with van der Waals surface area (Å²) >= 11 is 0. The molecule has 11 heteroatoms. The van der Waals surface area contributed by atoms with Crippen molar-refractivity contribution >= 4 is 37.1 Å². The Balaban J connectivity index is 0.971. The number of aromatic nitrogens is 1. The lowest BCUT2D eigenvalue weighted by atomic mass is 9.82. The van der Waals surface area contributed by atoms with Crippen LogP contribution in [0.2, 0.25) is 18.1 Å². The molecule has 8 rings (SSSR count). The normalized spacial score (nSPS) is 18.6. The van der Waals surface area contributed by atoms with Gasteiger partial charge >= 0.3 is 6.09 Å². The maximum Gasteiger partial charge on any atom is 0.412 e. The third kappa shape index (κ3) is 9.82. The molecule has 0 radical (unpaired) electrons. The highest BCUT2D eigenvalue weighted by atomic mass is 28.4. The van der Waals surface area contributed by atoms with Gasteiger partial charge in [0.15, 0.2) is 8.32 Å². The van der Waals surface area contributed by atoms with E-state index in [-0.39, 0.29) is 28.5 Å². The van der Waals surface area contributed by atoms with Gasteiger partial charge in [-0.3, -0.25) is 9.69 Å². The molecule has 0 spiro atoms. The number of aromatic amines is 1. The van der Waals surface area contributed by atoms with Crippen LogP contribution in [0, 0.1) is 5.92 Å². The van der Waals surface area contributed by atoms with Crippen LogP contribution in [0.5, 0.6) is 11.5 Å². The number of pyridine rings is 1. The second-order valence-corrected chi connectivity index (χ2v) is 22.2. The van der Waals surface area contributed by atoms with Crippen LogP contribution in [0.15, 0.2) is 108 Å². The first-order valence-electron chi connectivity index (χ1n) is 20.8. The Kier molecular flexibility index (Phi) is 12.8. The Morgan fingerprint density at radius 1 is 1.00 bits per heavy atom. The van der Waals surface area contributed by atoms with E-state index in [9.17, 15) is 19.8 Å². The van der Waals surface area contributed by atoms with Crippen molar-refractivity contribution in [3.63, 3.8) is 0 Å². The minimum Gasteiger partial charge on any atom is -0.506 e. The Hall–Kier alpha value is -5.20. The van der Waals surface area contributed by atoms with Gasteiger partial charge in [-0.2, -0.15) is 0 Å². The summed E-state index contributed by atoms with van der Waals surface area (Å²) in [6.07, 6.45) is 5.69. The molecule has 0 saturated carbocycles. The predicted octanol–water partition coefficient (Wildman–Crippen LogP) is 9.81. The standard InChI is InChI=1S/C48H58N4O6Si/c1-48(2,3)59(4,5)58-44(39-20-22-43(53)46-40(39)21-23-45(54)50-46)31-49-30-34-14-17-37(18-15-34)57-28-10-9-11-33-16-19-38(35-12-7-6-8-13-35)41(29-33)52(47(55)56)42-32-51-26-24-36(42)25-27-51/h6-9,11-23,29,36,42,44,49,53H,10,24-28,30-32H2,1-5H3,(H,50,54)(H,55,56)/t42-,44-/m0/s1. The second kappa shape index (κ2) is 18.0. The summed E-state index contributed by atoms with van der Waals surface area (Å²) in [5.41, 5.74) is 5.79. The van der Waals surface area contributed by atoms with E-state index < -0.39 is 14.4 Å². The van der Waals surface area contributed by atoms with E-state index in [1.54, 1.807) is 17.0 Å². The Morgan fingerprint density at radius 3 is 2.42 bits per heavy atom. The first-order chi connectivity index (χ1) is 28.3. The van der Waals surface area contributed by atoms with Gasteiger partial charge in [-0.15, -0.1) is 0 Å². The number of ether oxygens (including phenoxy) is 1. The number of H-pyrrole nitrogens is 1. The van der Waals surface area contributed by atoms with Gasteiger partial charge < -0.3 is 34.6 Å². The molecule has 3 saturated heterocycles. The molecule has 0 unspecified atom stereocenters. The number of nitrogens with zero attached hydrogens (tertiary/aromatic N) is 2. The number of phenolic OH excluding ortho intramolecular Hbond substituents is 1. The number of hydrogen-bond donors (Lipinski definition) is 4. The molecule has 3 fully saturated rings. The fraction of sp³-hybridized carbons (Fsp3) is 0.375. The van der Waals surface area contributed by atoms with Crippen molar-refractivity contribution in [1.29, 1.82) is 0 Å². The number of amides is 1. The van der Waals surface area contributed by atoms with Crippen LogP contribution in [0.25, 0.3) is 28.1 Å². The van der Waals surface area contributed by atoms with Gasteiger partial charge in [0.1, 0.15) is 11.5 Å². The first-order valence-corrected chi connectivity index (χ1v) is 23.7. The Bertz CT molecular complexity index is 2310. The molecule has 4 N–H and O–H groups in total. The highest BCUT2D eigenvalue weighted by Crippen LogP contribution is 2.42. The van der Waals surface area contributed by atoms with Crippen molar-refractivity contribution in [3.05, 3.63) is 130 Å². The molecule has 1 aromatic heterocycles. The zero-order valence-electron chi connectivity index (χ0n) is 34.9. The zero-order chi connectivity index (χ0) is 41.7. The van der Waals surface area contributed by atoms with Gasteiger partial charge in [0.2, 0.25) is 5.56 Å². The summed E-state index contributed by atoms with van der Waals surface area (Å²) in [6.45, 7) is 15.6. The van der Waals surface area contributed by atoms with Crippen molar-refractivity contribution < 1.29 is 24.2 Å². The third-order valence-corrected chi connectivity index (χ3v) is 17.0. The quantitative estimate of drug-likeness (QED) is 0.0608. The minimum atomic E-state index is -2.19. The molecule has 59 heavy (non-hydrogen) atoms. The lowest BCUT2D eigenvalue weighted by molar-refractivity contribution is 0.0838. The summed E-state index contributed by atoms with van der Waals surface area (Å²) in [5, 5.41) is 25.5. The van der Waals surface area contributed by atoms with Crippen LogP contribution >= 0.6 is 0 Å². The number of anilines is 1. The number of rotatable bonds is 15. The molecule has 2 atom stereocenters. The van der Waals surface area contributed by atoms with Crippen LogP contribution in [0.4, 0.5) is 10.5 Å². The van der Waals surface area contributed by atoms with Crippen LogP contribution in [-0.4, -0.2) is 73.3 Å². The molecule has 10 nitrogen and oxygen atoms in total. The molecule has 2 bridgehead atoms. The van der Waals surface area contributed by atoms with E-state index in [0.717, 1.165) is 77.1 Å². The largest absolute Gasteiger partial charge is 0.506 e. The van der Waals surface area contributed by atoms with Crippen LogP contribution in [-0.2, 0) is 11.0 Å². The molecule has 4 heterocycles. The number of carboxylic acid groups (broad SMARTS) is 1. The average Bonchev–Trinajstić information content (AvgIpc) is 3.22. The molecular weight excluding hydrogens is 757 g/mol. The highest BCUT2D eigenvalue weighted by Gasteiger charge is 2.41. The average molecular weight is 815 g/mol. The number of nitrogens with one attached hydrogen (secondary N) is 2. The third-order valence-electron chi connectivity index (χ3n) is 12.5. The number of aromatic hydroxyl groups is 1. The summed E-state index contributed by atoms with van der Waals surface area (Å²) in [4.78, 5) is 31.9. The van der Waals surface area contributed by atoms with Gasteiger partial charge in [0.05, 0.1) is 30.0 Å². The Labute approximate surface area is 348 Å². The van der Waals surface area contributed by atoms with Crippen molar-refractivity contribution in [1.82, 2.24) is 15.2 Å². The van der Waals surface area contributed by atoms with Gasteiger partial charge in [-0.1, -0.05) is 93.6 Å². The van der Waals surface area contributed by atoms with Crippen molar-refractivity contribution in [2.24, 2.45) is 5.92 Å². The number of phenols is 1. The van der Waals surface area contributed by atoms with Crippen LogP contribution in [0.3, 0.4) is 0 Å². The van der Waals surface area contributed by atoms with Gasteiger partial charge in [0.25, 0.3) is 0 Å². The van der Waals surface area contributed by atoms with Crippen LogP contribution < -0.4 is 20.5 Å². The number of fused-ring (bicyclic) bond motifs is 4. The second-order valence-electron chi connectivity index (χ2n) is 17.5. The van der Waals surface area contributed by atoms with E-state index in [2.05, 4.69) is 85.5 Å². The van der Waals surface area contributed by atoms with E-state index in [1.807, 2.05) is 54.6 Å². The smallest absolute Gasteiger partial charge is 0.412 e. The lowest BCUT2D eigenvalue weighted by Crippen LogP contribution is -2.59. The maximum absolute atomic E-state index is 12.9. The summed E-state index contributed by atoms with van der Waals surface area (Å²) < 4.78 is 13.0. The number of piperidine rings is 3. The Morgan fingerprint density at radius 2 is 1.75 bits per heavy atom. The predicted molar refractivity (Wildman–Crippen MR) is 240 cm³/mol. The fourth-order valence-electron chi connectivity index (χ4n) is 8.17. The van der Waals surface area contributed by atoms with Crippen molar-refractivity contribution in [3.8, 4) is 22.6 Å². The van der Waals surface area contributed by atoms with E-state index in [1.165, 1.54) is 6.07 Å². The molecule has 310 valence electrons.